The third-order valence-electron chi connectivity index (χ3n) is 4.69. The molecule has 2 N–H and O–H groups in total. The van der Waals surface area contributed by atoms with Gasteiger partial charge < -0.3 is 10.4 Å². The van der Waals surface area contributed by atoms with Crippen molar-refractivity contribution in [2.75, 3.05) is 26.2 Å². The van der Waals surface area contributed by atoms with Gasteiger partial charge in [0.2, 0.25) is 0 Å². The van der Waals surface area contributed by atoms with E-state index in [-0.39, 0.29) is 53.3 Å². The number of benzene rings is 1. The average Bonchev–Trinajstić information content (AvgIpc) is 2.44. The SMILES string of the molecule is Cl.Cl.Oc1ccc(SC(F)(F)F)cc1[C@@H](C1CCC1)N1CCNCC1. The topological polar surface area (TPSA) is 35.5 Å². The number of piperazine rings is 1. The molecular formula is C16H23Cl2F3N2OS. The molecule has 1 aliphatic heterocycles. The standard InChI is InChI=1S/C16H21F3N2OS.2ClH/c17-16(18,19)23-12-4-5-14(22)13(10-12)15(11-2-1-3-11)21-8-6-20-7-9-21;;/h4-5,10-11,15,20,22H,1-3,6-9H2;2*1H/t15-;;/m1../s1. The first-order chi connectivity index (χ1) is 10.9. The highest BCUT2D eigenvalue weighted by Crippen LogP contribution is 2.46. The molecule has 1 heterocycles. The second-order valence-corrected chi connectivity index (χ2v) is 7.33. The number of alkyl halides is 3. The van der Waals surface area contributed by atoms with Crippen molar-refractivity contribution >= 4 is 36.6 Å². The van der Waals surface area contributed by atoms with Gasteiger partial charge in [0.15, 0.2) is 0 Å². The van der Waals surface area contributed by atoms with Gasteiger partial charge in [-0.3, -0.25) is 4.90 Å². The van der Waals surface area contributed by atoms with Crippen molar-refractivity contribution in [3.63, 3.8) is 0 Å². The van der Waals surface area contributed by atoms with Crippen LogP contribution in [-0.4, -0.2) is 41.7 Å². The lowest BCUT2D eigenvalue weighted by atomic mass is 9.76. The van der Waals surface area contributed by atoms with Crippen molar-refractivity contribution < 1.29 is 18.3 Å². The maximum atomic E-state index is 12.6. The molecule has 1 aromatic rings. The highest BCUT2D eigenvalue weighted by Gasteiger charge is 2.36. The second-order valence-electron chi connectivity index (χ2n) is 6.19. The number of phenols is 1. The Morgan fingerprint density at radius 1 is 1.16 bits per heavy atom. The number of halogens is 5. The Hall–Kier alpha value is -0.340. The van der Waals surface area contributed by atoms with E-state index in [0.717, 1.165) is 45.4 Å². The lowest BCUT2D eigenvalue weighted by molar-refractivity contribution is -0.0328. The predicted molar refractivity (Wildman–Crippen MR) is 99.0 cm³/mol. The van der Waals surface area contributed by atoms with Gasteiger partial charge in [-0.1, -0.05) is 6.42 Å². The molecule has 1 saturated heterocycles. The Labute approximate surface area is 162 Å². The summed E-state index contributed by atoms with van der Waals surface area (Å²) in [6, 6.07) is 4.28. The Balaban J connectivity index is 0.00000156. The van der Waals surface area contributed by atoms with E-state index in [4.69, 9.17) is 0 Å². The zero-order chi connectivity index (χ0) is 16.4. The third-order valence-corrected chi connectivity index (χ3v) is 5.41. The van der Waals surface area contributed by atoms with Gasteiger partial charge in [0.05, 0.1) is 0 Å². The number of aromatic hydroxyl groups is 1. The van der Waals surface area contributed by atoms with Crippen LogP contribution in [0.3, 0.4) is 0 Å². The van der Waals surface area contributed by atoms with E-state index in [1.54, 1.807) is 0 Å². The Bertz CT molecular complexity index is 553. The van der Waals surface area contributed by atoms with Crippen molar-refractivity contribution in [1.29, 1.82) is 0 Å². The number of nitrogens with zero attached hydrogens (tertiary/aromatic N) is 1. The normalized spacial score (nSPS) is 20.1. The van der Waals surface area contributed by atoms with Crippen LogP contribution in [0.15, 0.2) is 23.1 Å². The summed E-state index contributed by atoms with van der Waals surface area (Å²) in [5, 5.41) is 13.6. The maximum Gasteiger partial charge on any atom is 0.446 e. The molecule has 9 heteroatoms. The fraction of sp³-hybridized carbons (Fsp3) is 0.625. The van der Waals surface area contributed by atoms with E-state index in [9.17, 15) is 18.3 Å². The van der Waals surface area contributed by atoms with Crippen LogP contribution < -0.4 is 5.32 Å². The lowest BCUT2D eigenvalue weighted by Gasteiger charge is -2.43. The quantitative estimate of drug-likeness (QED) is 0.700. The molecule has 0 bridgehead atoms. The van der Waals surface area contributed by atoms with Crippen LogP contribution >= 0.6 is 36.6 Å². The van der Waals surface area contributed by atoms with E-state index in [1.807, 2.05) is 0 Å². The molecular weight excluding hydrogens is 396 g/mol. The second kappa shape index (κ2) is 9.55. The summed E-state index contributed by atoms with van der Waals surface area (Å²) >= 11 is -0.117. The number of phenolic OH excluding ortho intramolecular Hbond substituents is 1. The number of thioether (sulfide) groups is 1. The number of rotatable bonds is 4. The molecule has 3 rings (SSSR count). The fourth-order valence-electron chi connectivity index (χ4n) is 3.43. The first kappa shape index (κ1) is 22.7. The third kappa shape index (κ3) is 5.82. The van der Waals surface area contributed by atoms with Gasteiger partial charge in [0.25, 0.3) is 0 Å². The van der Waals surface area contributed by atoms with Gasteiger partial charge in [0.1, 0.15) is 5.75 Å². The molecule has 0 amide bonds. The molecule has 2 aliphatic rings. The van der Waals surface area contributed by atoms with Crippen LogP contribution in [0.5, 0.6) is 5.75 Å². The van der Waals surface area contributed by atoms with Crippen LogP contribution in [0.4, 0.5) is 13.2 Å². The van der Waals surface area contributed by atoms with Crippen molar-refractivity contribution in [3.05, 3.63) is 23.8 Å². The molecule has 0 spiro atoms. The van der Waals surface area contributed by atoms with Crippen LogP contribution in [0.1, 0.15) is 30.9 Å². The molecule has 144 valence electrons. The van der Waals surface area contributed by atoms with E-state index in [2.05, 4.69) is 10.2 Å². The summed E-state index contributed by atoms with van der Waals surface area (Å²) in [6.45, 7) is 3.47. The lowest BCUT2D eigenvalue weighted by Crippen LogP contribution is -2.47. The molecule has 1 atom stereocenters. The van der Waals surface area contributed by atoms with Crippen LogP contribution in [-0.2, 0) is 0 Å². The van der Waals surface area contributed by atoms with Crippen LogP contribution in [0, 0.1) is 5.92 Å². The summed E-state index contributed by atoms with van der Waals surface area (Å²) in [5.41, 5.74) is -3.67. The van der Waals surface area contributed by atoms with E-state index in [0.29, 0.717) is 11.5 Å². The molecule has 0 unspecified atom stereocenters. The minimum atomic E-state index is -4.31. The molecule has 2 fully saturated rings. The molecule has 1 aromatic carbocycles. The summed E-state index contributed by atoms with van der Waals surface area (Å²) in [7, 11) is 0. The maximum absolute atomic E-state index is 12.6. The highest BCUT2D eigenvalue weighted by atomic mass is 35.5. The Morgan fingerprint density at radius 2 is 1.80 bits per heavy atom. The largest absolute Gasteiger partial charge is 0.508 e. The highest BCUT2D eigenvalue weighted by molar-refractivity contribution is 8.00. The molecule has 1 aliphatic carbocycles. The minimum Gasteiger partial charge on any atom is -0.508 e. The van der Waals surface area contributed by atoms with Crippen molar-refractivity contribution in [2.24, 2.45) is 5.92 Å². The van der Waals surface area contributed by atoms with E-state index >= 15 is 0 Å². The molecule has 25 heavy (non-hydrogen) atoms. The van der Waals surface area contributed by atoms with Gasteiger partial charge in [0, 0.05) is 42.7 Å². The monoisotopic (exact) mass is 418 g/mol. The zero-order valence-electron chi connectivity index (χ0n) is 13.6. The number of hydrogen-bond donors (Lipinski definition) is 2. The van der Waals surface area contributed by atoms with Crippen molar-refractivity contribution in [1.82, 2.24) is 10.2 Å². The molecule has 0 radical (unpaired) electrons. The van der Waals surface area contributed by atoms with Gasteiger partial charge in [-0.15, -0.1) is 24.8 Å². The molecule has 3 nitrogen and oxygen atoms in total. The van der Waals surface area contributed by atoms with Crippen molar-refractivity contribution in [3.8, 4) is 5.75 Å². The van der Waals surface area contributed by atoms with Crippen LogP contribution in [0.2, 0.25) is 0 Å². The van der Waals surface area contributed by atoms with Gasteiger partial charge in [-0.2, -0.15) is 13.2 Å². The summed E-state index contributed by atoms with van der Waals surface area (Å²) < 4.78 is 37.9. The van der Waals surface area contributed by atoms with Gasteiger partial charge in [-0.25, -0.2) is 0 Å². The predicted octanol–water partition coefficient (Wildman–Crippen LogP) is 4.59. The molecule has 0 aromatic heterocycles. The van der Waals surface area contributed by atoms with Crippen molar-refractivity contribution in [2.45, 2.75) is 35.7 Å². The Kier molecular flexibility index (Phi) is 8.67. The fourth-order valence-corrected chi connectivity index (χ4v) is 4.02. The van der Waals surface area contributed by atoms with Gasteiger partial charge >= 0.3 is 5.51 Å². The van der Waals surface area contributed by atoms with Crippen LogP contribution in [0.25, 0.3) is 0 Å². The number of nitrogens with one attached hydrogen (secondary N) is 1. The summed E-state index contributed by atoms with van der Waals surface area (Å²) in [4.78, 5) is 2.45. The Morgan fingerprint density at radius 3 is 2.32 bits per heavy atom. The minimum absolute atomic E-state index is 0. The summed E-state index contributed by atoms with van der Waals surface area (Å²) in [5.74, 6) is 0.525. The van der Waals surface area contributed by atoms with E-state index in [1.165, 1.54) is 18.2 Å². The summed E-state index contributed by atoms with van der Waals surface area (Å²) in [6.07, 6.45) is 3.31. The van der Waals surface area contributed by atoms with Gasteiger partial charge in [-0.05, 0) is 48.7 Å². The zero-order valence-corrected chi connectivity index (χ0v) is 16.0. The number of hydrogen-bond acceptors (Lipinski definition) is 4. The molecule has 1 saturated carbocycles. The smallest absolute Gasteiger partial charge is 0.446 e. The average molecular weight is 419 g/mol. The van der Waals surface area contributed by atoms with E-state index < -0.39 is 5.51 Å². The first-order valence-electron chi connectivity index (χ1n) is 7.97. The first-order valence-corrected chi connectivity index (χ1v) is 8.79.